The van der Waals surface area contributed by atoms with E-state index in [2.05, 4.69) is 10.1 Å². The number of nitrogens with zero attached hydrogens (tertiary/aromatic N) is 4. The van der Waals surface area contributed by atoms with Gasteiger partial charge in [-0.2, -0.15) is 9.50 Å². The van der Waals surface area contributed by atoms with Gasteiger partial charge in [0, 0.05) is 18.2 Å². The van der Waals surface area contributed by atoms with E-state index in [0.717, 1.165) is 22.6 Å². The number of carbonyl (C=O) groups is 1. The van der Waals surface area contributed by atoms with E-state index in [1.165, 1.54) is 25.8 Å². The van der Waals surface area contributed by atoms with Gasteiger partial charge in [-0.25, -0.2) is 0 Å². The van der Waals surface area contributed by atoms with E-state index < -0.39 is 0 Å². The van der Waals surface area contributed by atoms with Gasteiger partial charge in [-0.1, -0.05) is 29.5 Å². The van der Waals surface area contributed by atoms with Crippen molar-refractivity contribution >= 4 is 33.5 Å². The van der Waals surface area contributed by atoms with E-state index in [9.17, 15) is 9.59 Å². The van der Waals surface area contributed by atoms with Gasteiger partial charge >= 0.3 is 0 Å². The summed E-state index contributed by atoms with van der Waals surface area (Å²) in [6.45, 7) is 0. The lowest BCUT2D eigenvalue weighted by Crippen LogP contribution is -2.30. The maximum atomic E-state index is 13.2. The summed E-state index contributed by atoms with van der Waals surface area (Å²) >= 11 is 1.14. The zero-order chi connectivity index (χ0) is 22.6. The molecule has 0 fully saturated rings. The number of likely N-dealkylation sites (N-methyl/N-ethyl adjacent to an activating group) is 1. The number of ether oxygens (including phenoxy) is 3. The van der Waals surface area contributed by atoms with Crippen molar-refractivity contribution in [1.82, 2.24) is 14.6 Å². The SMILES string of the molecule is COc1cc(-c2nc3sc(=C4C(=O)N(C)c5ccccc54)c(=O)n3n2)cc(OC)c1OC. The number of aromatic nitrogens is 3. The van der Waals surface area contributed by atoms with Crippen molar-refractivity contribution in [3.63, 3.8) is 0 Å². The lowest BCUT2D eigenvalue weighted by molar-refractivity contribution is -0.112. The number of benzene rings is 2. The lowest BCUT2D eigenvalue weighted by Gasteiger charge is -2.12. The highest BCUT2D eigenvalue weighted by molar-refractivity contribution is 7.15. The largest absolute Gasteiger partial charge is 0.493 e. The molecule has 1 amide bonds. The summed E-state index contributed by atoms with van der Waals surface area (Å²) in [6, 6.07) is 10.8. The minimum absolute atomic E-state index is 0.224. The predicted molar refractivity (Wildman–Crippen MR) is 120 cm³/mol. The first kappa shape index (κ1) is 20.0. The first-order valence-electron chi connectivity index (χ1n) is 9.60. The van der Waals surface area contributed by atoms with E-state index in [1.807, 2.05) is 24.3 Å². The Morgan fingerprint density at radius 3 is 2.28 bits per heavy atom. The molecule has 0 atom stereocenters. The van der Waals surface area contributed by atoms with Crippen LogP contribution in [0.1, 0.15) is 5.56 Å². The Morgan fingerprint density at radius 1 is 0.969 bits per heavy atom. The van der Waals surface area contributed by atoms with Crippen molar-refractivity contribution in [2.24, 2.45) is 0 Å². The van der Waals surface area contributed by atoms with Crippen molar-refractivity contribution in [1.29, 1.82) is 0 Å². The normalized spacial score (nSPS) is 14.8. The highest BCUT2D eigenvalue weighted by Crippen LogP contribution is 2.40. The number of rotatable bonds is 4. The molecule has 0 N–H and O–H groups in total. The second kappa shape index (κ2) is 7.34. The topological polar surface area (TPSA) is 95.3 Å². The minimum Gasteiger partial charge on any atom is -0.493 e. The molecule has 1 aliphatic rings. The van der Waals surface area contributed by atoms with Crippen LogP contribution in [0.4, 0.5) is 5.69 Å². The van der Waals surface area contributed by atoms with Crippen LogP contribution < -0.4 is 29.2 Å². The second-order valence-corrected chi connectivity index (χ2v) is 8.01. The molecule has 3 heterocycles. The molecule has 9 nitrogen and oxygen atoms in total. The molecule has 0 bridgehead atoms. The van der Waals surface area contributed by atoms with E-state index in [0.29, 0.717) is 43.7 Å². The molecule has 4 aromatic rings. The Bertz CT molecular complexity index is 1480. The van der Waals surface area contributed by atoms with Gasteiger partial charge in [-0.15, -0.1) is 5.10 Å². The van der Waals surface area contributed by atoms with Gasteiger partial charge in [-0.05, 0) is 18.2 Å². The Morgan fingerprint density at radius 2 is 1.66 bits per heavy atom. The molecule has 0 radical (unpaired) electrons. The summed E-state index contributed by atoms with van der Waals surface area (Å²) in [5.74, 6) is 1.46. The lowest BCUT2D eigenvalue weighted by atomic mass is 10.1. The van der Waals surface area contributed by atoms with Crippen LogP contribution in [-0.2, 0) is 4.79 Å². The number of thiazole rings is 1. The fourth-order valence-corrected chi connectivity index (χ4v) is 4.80. The number of hydrogen-bond donors (Lipinski definition) is 0. The molecule has 5 rings (SSSR count). The summed E-state index contributed by atoms with van der Waals surface area (Å²) in [4.78, 5) is 32.5. The van der Waals surface area contributed by atoms with E-state index in [-0.39, 0.29) is 11.5 Å². The summed E-state index contributed by atoms with van der Waals surface area (Å²) in [6.07, 6.45) is 0. The first-order chi connectivity index (χ1) is 15.5. The van der Waals surface area contributed by atoms with Crippen molar-refractivity contribution in [2.45, 2.75) is 0 Å². The molecule has 2 aromatic heterocycles. The zero-order valence-corrected chi connectivity index (χ0v) is 18.5. The van der Waals surface area contributed by atoms with Gasteiger partial charge in [0.1, 0.15) is 4.53 Å². The standard InChI is InChI=1S/C22H18N4O5S/c1-25-13-8-6-5-7-12(13)16(20(25)27)18-21(28)26-22(32-18)23-19(24-26)11-9-14(29-2)17(31-4)15(10-11)30-3/h5-10H,1-4H3. The summed E-state index contributed by atoms with van der Waals surface area (Å²) in [5, 5.41) is 4.39. The molecular formula is C22H18N4O5S. The third-order valence-electron chi connectivity index (χ3n) is 5.36. The Labute approximate surface area is 186 Å². The van der Waals surface area contributed by atoms with E-state index in [4.69, 9.17) is 14.2 Å². The van der Waals surface area contributed by atoms with Gasteiger partial charge in [-0.3, -0.25) is 9.59 Å². The first-order valence-corrected chi connectivity index (χ1v) is 10.4. The van der Waals surface area contributed by atoms with E-state index in [1.54, 1.807) is 24.1 Å². The highest BCUT2D eigenvalue weighted by atomic mass is 32.1. The maximum Gasteiger partial charge on any atom is 0.291 e. The fourth-order valence-electron chi connectivity index (χ4n) is 3.81. The van der Waals surface area contributed by atoms with Crippen molar-refractivity contribution in [2.75, 3.05) is 33.3 Å². The van der Waals surface area contributed by atoms with Crippen molar-refractivity contribution < 1.29 is 19.0 Å². The van der Waals surface area contributed by atoms with Crippen LogP contribution in [0.5, 0.6) is 17.2 Å². The number of fused-ring (bicyclic) bond motifs is 2. The molecule has 32 heavy (non-hydrogen) atoms. The molecule has 0 saturated heterocycles. The minimum atomic E-state index is -0.385. The molecule has 162 valence electrons. The average Bonchev–Trinajstić information content (AvgIpc) is 3.44. The van der Waals surface area contributed by atoms with E-state index >= 15 is 0 Å². The smallest absolute Gasteiger partial charge is 0.291 e. The van der Waals surface area contributed by atoms with Crippen LogP contribution in [-0.4, -0.2) is 48.9 Å². The van der Waals surface area contributed by atoms with Crippen LogP contribution >= 0.6 is 11.3 Å². The van der Waals surface area contributed by atoms with Crippen LogP contribution in [0, 0.1) is 0 Å². The molecule has 1 aliphatic heterocycles. The monoisotopic (exact) mass is 450 g/mol. The quantitative estimate of drug-likeness (QED) is 0.467. The Hall–Kier alpha value is -3.92. The number of anilines is 1. The zero-order valence-electron chi connectivity index (χ0n) is 17.7. The number of amides is 1. The predicted octanol–water partition coefficient (Wildman–Crippen LogP) is 1.74. The van der Waals surface area contributed by atoms with Crippen LogP contribution in [0.25, 0.3) is 21.9 Å². The third kappa shape index (κ3) is 2.76. The molecule has 0 spiro atoms. The molecule has 0 saturated carbocycles. The van der Waals surface area contributed by atoms with Gasteiger partial charge in [0.15, 0.2) is 17.3 Å². The van der Waals surface area contributed by atoms with Gasteiger partial charge < -0.3 is 19.1 Å². The fraction of sp³-hybridized carbons (Fsp3) is 0.182. The second-order valence-electron chi connectivity index (χ2n) is 7.04. The molecule has 0 unspecified atom stereocenters. The molecule has 10 heteroatoms. The van der Waals surface area contributed by atoms with Crippen molar-refractivity contribution in [3.05, 3.63) is 56.8 Å². The molecule has 0 aliphatic carbocycles. The molecule has 2 aromatic carbocycles. The van der Waals surface area contributed by atoms with Crippen molar-refractivity contribution in [3.8, 4) is 28.6 Å². The van der Waals surface area contributed by atoms with Gasteiger partial charge in [0.25, 0.3) is 11.5 Å². The number of hydrogen-bond acceptors (Lipinski definition) is 8. The number of para-hydroxylation sites is 1. The van der Waals surface area contributed by atoms with Gasteiger partial charge in [0.05, 0.1) is 32.6 Å². The Kier molecular flexibility index (Phi) is 4.59. The van der Waals surface area contributed by atoms with Gasteiger partial charge in [0.2, 0.25) is 10.7 Å². The highest BCUT2D eigenvalue weighted by Gasteiger charge is 2.32. The third-order valence-corrected chi connectivity index (χ3v) is 6.39. The molecular weight excluding hydrogens is 432 g/mol. The van der Waals surface area contributed by atoms with Crippen LogP contribution in [0.3, 0.4) is 0 Å². The number of carbonyl (C=O) groups excluding carboxylic acids is 1. The summed E-state index contributed by atoms with van der Waals surface area (Å²) in [7, 11) is 6.26. The van der Waals surface area contributed by atoms with Crippen LogP contribution in [0.2, 0.25) is 0 Å². The Balaban J connectivity index is 1.70. The number of methoxy groups -OCH3 is 3. The summed E-state index contributed by atoms with van der Waals surface area (Å²) in [5.41, 5.74) is 2.09. The maximum absolute atomic E-state index is 13.2. The summed E-state index contributed by atoms with van der Waals surface area (Å²) < 4.78 is 17.7. The van der Waals surface area contributed by atoms with Crippen LogP contribution in [0.15, 0.2) is 41.2 Å². The average molecular weight is 450 g/mol.